The Bertz CT molecular complexity index is 814. The largest absolute Gasteiger partial charge is 0.440 e. The minimum Gasteiger partial charge on any atom is -0.440 e. The molecular weight excluding hydrogens is 339 g/mol. The third-order valence-corrected chi connectivity index (χ3v) is 4.00. The van der Waals surface area contributed by atoms with Gasteiger partial charge in [-0.3, -0.25) is 0 Å². The number of halogens is 1. The summed E-state index contributed by atoms with van der Waals surface area (Å²) in [6.07, 6.45) is 11.8. The molecular formula is C19H21FN2O2S. The molecule has 0 spiro atoms. The van der Waals surface area contributed by atoms with E-state index in [2.05, 4.69) is 17.8 Å². The molecule has 0 amide bonds. The number of oxazole rings is 1. The molecule has 132 valence electrons. The molecule has 1 aromatic heterocycles. The van der Waals surface area contributed by atoms with Crippen LogP contribution in [0.4, 0.5) is 4.39 Å². The van der Waals surface area contributed by atoms with Gasteiger partial charge in [0.2, 0.25) is 0 Å². The van der Waals surface area contributed by atoms with Crippen LogP contribution in [0.2, 0.25) is 0 Å². The molecule has 1 heterocycles. The van der Waals surface area contributed by atoms with Gasteiger partial charge >= 0.3 is 0 Å². The summed E-state index contributed by atoms with van der Waals surface area (Å²) >= 11 is 0. The molecule has 2 rings (SSSR count). The zero-order chi connectivity index (χ0) is 19.0. The second-order valence-corrected chi connectivity index (χ2v) is 6.00. The van der Waals surface area contributed by atoms with E-state index in [0.29, 0.717) is 34.2 Å². The van der Waals surface area contributed by atoms with Crippen molar-refractivity contribution in [1.82, 2.24) is 4.98 Å². The molecule has 2 aromatic rings. The molecule has 2 N–H and O–H groups in total. The van der Waals surface area contributed by atoms with Crippen LogP contribution in [-0.4, -0.2) is 9.19 Å². The van der Waals surface area contributed by atoms with Crippen molar-refractivity contribution in [2.45, 2.75) is 32.1 Å². The van der Waals surface area contributed by atoms with Crippen molar-refractivity contribution in [2.75, 3.05) is 0 Å². The van der Waals surface area contributed by atoms with E-state index in [9.17, 15) is 8.60 Å². The van der Waals surface area contributed by atoms with Crippen LogP contribution >= 0.6 is 0 Å². The molecule has 1 aromatic carbocycles. The molecule has 0 fully saturated rings. The van der Waals surface area contributed by atoms with Crippen molar-refractivity contribution in [3.8, 4) is 24.2 Å². The summed E-state index contributed by atoms with van der Waals surface area (Å²) in [6.45, 7) is 5.14. The van der Waals surface area contributed by atoms with E-state index < -0.39 is 11.0 Å². The van der Waals surface area contributed by atoms with Gasteiger partial charge in [-0.1, -0.05) is 13.0 Å². The Labute approximate surface area is 150 Å². The van der Waals surface area contributed by atoms with E-state index in [1.165, 1.54) is 13.0 Å². The Hall–Kier alpha value is -2.49. The quantitative estimate of drug-likeness (QED) is 0.634. The molecule has 1 atom stereocenters. The number of benzene rings is 1. The van der Waals surface area contributed by atoms with E-state index in [0.717, 1.165) is 5.56 Å². The average molecular weight is 360 g/mol. The standard InChI is InChI=1S/C17H19FN2O2S.C2H2/c1-4-12(10-11(3)18)16-17(22-15(5-2)20-16)13-6-8-14(9-7-13)23(19)21;1-2/h4,6-10H,5,19H2,1-3H3;1-2H/b11-10+,12-4+;. The van der Waals surface area contributed by atoms with Crippen LogP contribution in [0.5, 0.6) is 0 Å². The fraction of sp³-hybridized carbons (Fsp3) is 0.211. The third kappa shape index (κ3) is 5.24. The number of hydrogen-bond donors (Lipinski definition) is 1. The molecule has 0 aliphatic heterocycles. The Balaban J connectivity index is 0.00000151. The normalized spacial score (nSPS) is 13.1. The first kappa shape index (κ1) is 20.6. The van der Waals surface area contributed by atoms with Crippen molar-refractivity contribution < 1.29 is 13.0 Å². The van der Waals surface area contributed by atoms with Gasteiger partial charge in [0.25, 0.3) is 0 Å². The molecule has 6 heteroatoms. The summed E-state index contributed by atoms with van der Waals surface area (Å²) in [5.74, 6) is 0.825. The molecule has 0 radical (unpaired) electrons. The molecule has 0 saturated carbocycles. The first-order valence-corrected chi connectivity index (χ1v) is 8.77. The summed E-state index contributed by atoms with van der Waals surface area (Å²) in [5, 5.41) is 5.36. The van der Waals surface area contributed by atoms with Gasteiger partial charge in [0.05, 0.1) is 10.7 Å². The highest BCUT2D eigenvalue weighted by atomic mass is 32.2. The zero-order valence-electron chi connectivity index (χ0n) is 14.5. The van der Waals surface area contributed by atoms with E-state index in [1.54, 1.807) is 30.3 Å². The van der Waals surface area contributed by atoms with Gasteiger partial charge in [0, 0.05) is 17.6 Å². The van der Waals surface area contributed by atoms with Crippen molar-refractivity contribution in [1.29, 1.82) is 0 Å². The van der Waals surface area contributed by atoms with E-state index >= 15 is 0 Å². The van der Waals surface area contributed by atoms with Crippen molar-refractivity contribution in [2.24, 2.45) is 5.14 Å². The minimum absolute atomic E-state index is 0.307. The number of rotatable bonds is 5. The lowest BCUT2D eigenvalue weighted by molar-refractivity contribution is 0.513. The Morgan fingerprint density at radius 2 is 1.96 bits per heavy atom. The molecule has 4 nitrogen and oxygen atoms in total. The maximum atomic E-state index is 13.3. The van der Waals surface area contributed by atoms with Crippen LogP contribution in [0.25, 0.3) is 16.9 Å². The molecule has 25 heavy (non-hydrogen) atoms. The van der Waals surface area contributed by atoms with Gasteiger partial charge in [0.15, 0.2) is 11.7 Å². The summed E-state index contributed by atoms with van der Waals surface area (Å²) in [4.78, 5) is 4.98. The SMILES string of the molecule is C#C.C/C=C(\C=C(/C)F)c1nc(CC)oc1-c1ccc(S(N)=O)cc1. The number of terminal acetylenes is 1. The van der Waals surface area contributed by atoms with Gasteiger partial charge in [-0.2, -0.15) is 0 Å². The maximum Gasteiger partial charge on any atom is 0.195 e. The van der Waals surface area contributed by atoms with E-state index in [4.69, 9.17) is 9.56 Å². The fourth-order valence-electron chi connectivity index (χ4n) is 2.15. The highest BCUT2D eigenvalue weighted by molar-refractivity contribution is 7.82. The summed E-state index contributed by atoms with van der Waals surface area (Å²) in [5.41, 5.74) is 2.00. The Morgan fingerprint density at radius 3 is 2.40 bits per heavy atom. The number of aromatic nitrogens is 1. The smallest absolute Gasteiger partial charge is 0.195 e. The summed E-state index contributed by atoms with van der Waals surface area (Å²) in [7, 11) is -1.53. The number of nitrogens with two attached hydrogens (primary N) is 1. The van der Waals surface area contributed by atoms with Crippen LogP contribution in [-0.2, 0) is 17.4 Å². The predicted molar refractivity (Wildman–Crippen MR) is 100 cm³/mol. The number of hydrogen-bond acceptors (Lipinski definition) is 3. The first-order chi connectivity index (χ1) is 12.0. The van der Waals surface area contributed by atoms with E-state index in [1.807, 2.05) is 13.8 Å². The summed E-state index contributed by atoms with van der Waals surface area (Å²) < 4.78 is 30.4. The topological polar surface area (TPSA) is 69.1 Å². The highest BCUT2D eigenvalue weighted by Crippen LogP contribution is 2.31. The number of allylic oxidation sites excluding steroid dienone is 4. The molecule has 0 aliphatic rings. The van der Waals surface area contributed by atoms with Gasteiger partial charge in [-0.15, -0.1) is 12.8 Å². The minimum atomic E-state index is -1.53. The maximum absolute atomic E-state index is 13.3. The average Bonchev–Trinajstić information content (AvgIpc) is 3.05. The number of aryl methyl sites for hydroxylation is 1. The molecule has 0 saturated heterocycles. The second kappa shape index (κ2) is 9.72. The van der Waals surface area contributed by atoms with Crippen molar-refractivity contribution in [3.05, 3.63) is 53.8 Å². The first-order valence-electron chi connectivity index (χ1n) is 7.56. The van der Waals surface area contributed by atoms with Crippen molar-refractivity contribution in [3.63, 3.8) is 0 Å². The van der Waals surface area contributed by atoms with Gasteiger partial charge < -0.3 is 4.42 Å². The summed E-state index contributed by atoms with van der Waals surface area (Å²) in [6, 6.07) is 6.88. The molecule has 0 aliphatic carbocycles. The molecule has 0 bridgehead atoms. The second-order valence-electron chi connectivity index (χ2n) is 4.94. The van der Waals surface area contributed by atoms with E-state index in [-0.39, 0.29) is 5.83 Å². The van der Waals surface area contributed by atoms with Crippen molar-refractivity contribution >= 4 is 16.6 Å². The van der Waals surface area contributed by atoms with Gasteiger partial charge in [0.1, 0.15) is 16.7 Å². The lowest BCUT2D eigenvalue weighted by Gasteiger charge is -2.03. The van der Waals surface area contributed by atoms with Gasteiger partial charge in [-0.05, 0) is 44.2 Å². The van der Waals surface area contributed by atoms with Crippen LogP contribution in [0.3, 0.4) is 0 Å². The fourth-order valence-corrected chi connectivity index (χ4v) is 2.55. The number of nitrogens with zero attached hydrogens (tertiary/aromatic N) is 1. The zero-order valence-corrected chi connectivity index (χ0v) is 15.3. The third-order valence-electron chi connectivity index (χ3n) is 3.26. The van der Waals surface area contributed by atoms with Gasteiger partial charge in [-0.25, -0.2) is 18.7 Å². The van der Waals surface area contributed by atoms with Crippen LogP contribution in [0, 0.1) is 12.8 Å². The van der Waals surface area contributed by atoms with Crippen LogP contribution in [0.15, 0.2) is 51.6 Å². The lowest BCUT2D eigenvalue weighted by atomic mass is 10.1. The van der Waals surface area contributed by atoms with Crippen LogP contribution < -0.4 is 5.14 Å². The monoisotopic (exact) mass is 360 g/mol. The highest BCUT2D eigenvalue weighted by Gasteiger charge is 2.17. The van der Waals surface area contributed by atoms with Crippen LogP contribution in [0.1, 0.15) is 32.4 Å². The molecule has 1 unspecified atom stereocenters. The predicted octanol–water partition coefficient (Wildman–Crippen LogP) is 4.41. The lowest BCUT2D eigenvalue weighted by Crippen LogP contribution is -2.01. The Morgan fingerprint density at radius 1 is 1.36 bits per heavy atom. The Kier molecular flexibility index (Phi) is 7.99.